The van der Waals surface area contributed by atoms with E-state index in [1.165, 1.54) is 0 Å². The van der Waals surface area contributed by atoms with E-state index in [1.807, 2.05) is 17.8 Å². The third kappa shape index (κ3) is 2.56. The van der Waals surface area contributed by atoms with Gasteiger partial charge in [-0.05, 0) is 12.8 Å². The molecular weight excluding hydrogens is 178 g/mol. The first kappa shape index (κ1) is 11.2. The predicted octanol–water partition coefficient (Wildman–Crippen LogP) is 0.840. The molecule has 0 saturated heterocycles. The molecule has 0 spiro atoms. The zero-order valence-corrected chi connectivity index (χ0v) is 9.07. The zero-order valence-electron chi connectivity index (χ0n) is 9.07. The maximum Gasteiger partial charge on any atom is 0.0642 e. The van der Waals surface area contributed by atoms with Crippen LogP contribution in [0.2, 0.25) is 0 Å². The van der Waals surface area contributed by atoms with Crippen molar-refractivity contribution in [3.05, 3.63) is 17.5 Å². The van der Waals surface area contributed by atoms with Gasteiger partial charge in [-0.15, -0.1) is 0 Å². The molecule has 14 heavy (non-hydrogen) atoms. The van der Waals surface area contributed by atoms with E-state index in [0.29, 0.717) is 5.92 Å². The lowest BCUT2D eigenvalue weighted by Gasteiger charge is -2.05. The first-order chi connectivity index (χ1) is 6.54. The summed E-state index contributed by atoms with van der Waals surface area (Å²) in [5.41, 5.74) is 7.58. The molecule has 1 aromatic rings. The summed E-state index contributed by atoms with van der Waals surface area (Å²) in [5, 5.41) is 13.3. The van der Waals surface area contributed by atoms with E-state index in [2.05, 4.69) is 18.9 Å². The summed E-state index contributed by atoms with van der Waals surface area (Å²) < 4.78 is 1.89. The Hall–Kier alpha value is -0.870. The van der Waals surface area contributed by atoms with E-state index in [0.717, 1.165) is 17.8 Å². The number of aromatic nitrogens is 2. The highest BCUT2D eigenvalue weighted by atomic mass is 16.3. The number of aliphatic hydroxyl groups is 1. The van der Waals surface area contributed by atoms with E-state index in [1.54, 1.807) is 0 Å². The van der Waals surface area contributed by atoms with Gasteiger partial charge in [-0.25, -0.2) is 0 Å². The number of nitrogens with two attached hydrogens (primary N) is 1. The Labute approximate surface area is 84.7 Å². The molecule has 4 heteroatoms. The van der Waals surface area contributed by atoms with Gasteiger partial charge in [0.25, 0.3) is 0 Å². The minimum Gasteiger partial charge on any atom is -0.394 e. The van der Waals surface area contributed by atoms with E-state index >= 15 is 0 Å². The van der Waals surface area contributed by atoms with Crippen molar-refractivity contribution in [2.45, 2.75) is 33.4 Å². The topological polar surface area (TPSA) is 64.1 Å². The second kappa shape index (κ2) is 4.57. The molecule has 0 aliphatic heterocycles. The maximum absolute atomic E-state index is 8.94. The monoisotopic (exact) mass is 197 g/mol. The van der Waals surface area contributed by atoms with Crippen LogP contribution < -0.4 is 5.73 Å². The summed E-state index contributed by atoms with van der Waals surface area (Å²) >= 11 is 0. The quantitative estimate of drug-likeness (QED) is 0.751. The summed E-state index contributed by atoms with van der Waals surface area (Å²) in [6.07, 6.45) is 1.93. The average Bonchev–Trinajstić information content (AvgIpc) is 2.44. The van der Waals surface area contributed by atoms with Crippen molar-refractivity contribution in [1.82, 2.24) is 9.78 Å². The summed E-state index contributed by atoms with van der Waals surface area (Å²) in [7, 11) is 0. The van der Waals surface area contributed by atoms with Crippen molar-refractivity contribution in [2.75, 3.05) is 6.61 Å². The van der Waals surface area contributed by atoms with Crippen molar-refractivity contribution in [2.24, 2.45) is 11.7 Å². The van der Waals surface area contributed by atoms with Crippen molar-refractivity contribution in [3.8, 4) is 0 Å². The lowest BCUT2D eigenvalue weighted by atomic mass is 10.1. The first-order valence-corrected chi connectivity index (χ1v) is 4.95. The van der Waals surface area contributed by atoms with Gasteiger partial charge in [-0.2, -0.15) is 5.10 Å². The van der Waals surface area contributed by atoms with Crippen molar-refractivity contribution >= 4 is 0 Å². The van der Waals surface area contributed by atoms with Gasteiger partial charge in [0.15, 0.2) is 0 Å². The molecule has 80 valence electrons. The van der Waals surface area contributed by atoms with E-state index in [4.69, 9.17) is 10.8 Å². The Morgan fingerprint density at radius 3 is 2.71 bits per heavy atom. The molecule has 1 atom stereocenters. The van der Waals surface area contributed by atoms with Gasteiger partial charge < -0.3 is 10.8 Å². The van der Waals surface area contributed by atoms with Crippen molar-refractivity contribution in [1.29, 1.82) is 0 Å². The van der Waals surface area contributed by atoms with E-state index in [9.17, 15) is 0 Å². The number of aryl methyl sites for hydroxylation is 1. The van der Waals surface area contributed by atoms with E-state index < -0.39 is 0 Å². The summed E-state index contributed by atoms with van der Waals surface area (Å²) in [5.74, 6) is 0.563. The molecule has 0 amide bonds. The van der Waals surface area contributed by atoms with Crippen LogP contribution in [0, 0.1) is 12.8 Å². The molecule has 1 heterocycles. The number of rotatable bonds is 4. The summed E-state index contributed by atoms with van der Waals surface area (Å²) in [4.78, 5) is 0. The Bertz CT molecular complexity index is 294. The zero-order chi connectivity index (χ0) is 10.7. The standard InChI is InChI=1S/C10H19N3O/c1-7(2)4-13-5-9(8(3)12-13)10(11)6-14/h5,7,10,14H,4,6,11H2,1-3H3. The fraction of sp³-hybridized carbons (Fsp3) is 0.700. The van der Waals surface area contributed by atoms with Crippen LogP contribution in [0.4, 0.5) is 0 Å². The predicted molar refractivity (Wildman–Crippen MR) is 55.8 cm³/mol. The largest absolute Gasteiger partial charge is 0.394 e. The molecule has 0 aliphatic carbocycles. The maximum atomic E-state index is 8.94. The fourth-order valence-electron chi connectivity index (χ4n) is 1.46. The van der Waals surface area contributed by atoms with Crippen LogP contribution in [0.5, 0.6) is 0 Å². The van der Waals surface area contributed by atoms with Crippen LogP contribution in [0.3, 0.4) is 0 Å². The van der Waals surface area contributed by atoms with Crippen LogP contribution in [-0.4, -0.2) is 21.5 Å². The normalized spacial score (nSPS) is 13.6. The highest BCUT2D eigenvalue weighted by Gasteiger charge is 2.12. The molecule has 0 fully saturated rings. The second-order valence-electron chi connectivity index (χ2n) is 4.07. The SMILES string of the molecule is Cc1nn(CC(C)C)cc1C(N)CO. The third-order valence-corrected chi connectivity index (χ3v) is 2.13. The molecule has 1 aromatic heterocycles. The van der Waals surface area contributed by atoms with Gasteiger partial charge in [0, 0.05) is 18.3 Å². The van der Waals surface area contributed by atoms with Crippen LogP contribution >= 0.6 is 0 Å². The average molecular weight is 197 g/mol. The molecular formula is C10H19N3O. The smallest absolute Gasteiger partial charge is 0.0642 e. The molecule has 0 aliphatic rings. The minimum atomic E-state index is -0.309. The van der Waals surface area contributed by atoms with Crippen molar-refractivity contribution in [3.63, 3.8) is 0 Å². The van der Waals surface area contributed by atoms with Gasteiger partial charge in [-0.3, -0.25) is 4.68 Å². The molecule has 0 bridgehead atoms. The van der Waals surface area contributed by atoms with Gasteiger partial charge >= 0.3 is 0 Å². The second-order valence-corrected chi connectivity index (χ2v) is 4.07. The summed E-state index contributed by atoms with van der Waals surface area (Å²) in [6.45, 7) is 7.06. The molecule has 1 rings (SSSR count). The van der Waals surface area contributed by atoms with Crippen LogP contribution in [0.1, 0.15) is 31.1 Å². The Morgan fingerprint density at radius 1 is 1.57 bits per heavy atom. The van der Waals surface area contributed by atoms with Crippen LogP contribution in [0.15, 0.2) is 6.20 Å². The van der Waals surface area contributed by atoms with Gasteiger partial charge in [0.2, 0.25) is 0 Å². The number of hydrogen-bond acceptors (Lipinski definition) is 3. The van der Waals surface area contributed by atoms with E-state index in [-0.39, 0.29) is 12.6 Å². The molecule has 1 unspecified atom stereocenters. The van der Waals surface area contributed by atoms with Crippen molar-refractivity contribution < 1.29 is 5.11 Å². The molecule has 0 radical (unpaired) electrons. The fourth-order valence-corrected chi connectivity index (χ4v) is 1.46. The van der Waals surface area contributed by atoms with Gasteiger partial charge in [0.1, 0.15) is 0 Å². The number of aliphatic hydroxyl groups excluding tert-OH is 1. The molecule has 3 N–H and O–H groups in total. The first-order valence-electron chi connectivity index (χ1n) is 4.95. The third-order valence-electron chi connectivity index (χ3n) is 2.13. The Balaban J connectivity index is 2.82. The van der Waals surface area contributed by atoms with Gasteiger partial charge in [0.05, 0.1) is 18.3 Å². The highest BCUT2D eigenvalue weighted by molar-refractivity contribution is 5.19. The van der Waals surface area contributed by atoms with Gasteiger partial charge in [-0.1, -0.05) is 13.8 Å². The number of hydrogen-bond donors (Lipinski definition) is 2. The molecule has 4 nitrogen and oxygen atoms in total. The number of nitrogens with zero attached hydrogens (tertiary/aromatic N) is 2. The Morgan fingerprint density at radius 2 is 2.21 bits per heavy atom. The van der Waals surface area contributed by atoms with Crippen LogP contribution in [-0.2, 0) is 6.54 Å². The molecule has 0 aromatic carbocycles. The Kier molecular flexibility index (Phi) is 3.66. The lowest BCUT2D eigenvalue weighted by Crippen LogP contribution is -2.14. The highest BCUT2D eigenvalue weighted by Crippen LogP contribution is 2.14. The lowest BCUT2D eigenvalue weighted by molar-refractivity contribution is 0.267. The van der Waals surface area contributed by atoms with Crippen LogP contribution in [0.25, 0.3) is 0 Å². The molecule has 0 saturated carbocycles. The minimum absolute atomic E-state index is 0.0335. The summed E-state index contributed by atoms with van der Waals surface area (Å²) in [6, 6.07) is -0.309.